The number of aliphatic hydroxyl groups is 4. The molecule has 164 valence electrons. The van der Waals surface area contributed by atoms with E-state index in [9.17, 15) is 40.2 Å². The highest BCUT2D eigenvalue weighted by molar-refractivity contribution is 6.30. The number of ketones is 2. The second-order valence-electron chi connectivity index (χ2n) is 7.40. The van der Waals surface area contributed by atoms with E-state index >= 15 is 0 Å². The van der Waals surface area contributed by atoms with Crippen LogP contribution in [-0.2, 0) is 16.1 Å². The summed E-state index contributed by atoms with van der Waals surface area (Å²) in [5.41, 5.74) is -0.228. The van der Waals surface area contributed by atoms with E-state index in [1.807, 2.05) is 0 Å². The Morgan fingerprint density at radius 1 is 0.871 bits per heavy atom. The molecular weight excluding hydrogens is 412 g/mol. The van der Waals surface area contributed by atoms with Gasteiger partial charge in [0.05, 0.1) is 24.3 Å². The van der Waals surface area contributed by atoms with Crippen molar-refractivity contribution in [2.24, 2.45) is 0 Å². The van der Waals surface area contributed by atoms with Gasteiger partial charge in [0.2, 0.25) is 5.78 Å². The number of carbonyl (C=O) groups excluding carboxylic acids is 2. The smallest absolute Gasteiger partial charge is 0.201 e. The van der Waals surface area contributed by atoms with Crippen LogP contribution in [0.5, 0.6) is 11.5 Å². The molecule has 4 rings (SSSR count). The molecule has 0 radical (unpaired) electrons. The molecule has 0 amide bonds. The molecule has 6 N–H and O–H groups in total. The molecule has 0 aromatic heterocycles. The molecule has 0 unspecified atom stereocenters. The fourth-order valence-corrected chi connectivity index (χ4v) is 3.81. The topological polar surface area (TPSA) is 174 Å². The highest BCUT2D eigenvalue weighted by Gasteiger charge is 2.44. The maximum atomic E-state index is 12.9. The predicted octanol–water partition coefficient (Wildman–Crippen LogP) is -0.810. The van der Waals surface area contributed by atoms with Gasteiger partial charge in [-0.2, -0.15) is 0 Å². The first-order valence-electron chi connectivity index (χ1n) is 9.44. The van der Waals surface area contributed by atoms with Crippen LogP contribution in [0.2, 0.25) is 0 Å². The fraction of sp³-hybridized carbons (Fsp3) is 0.333. The lowest BCUT2D eigenvalue weighted by Gasteiger charge is -2.39. The lowest BCUT2D eigenvalue weighted by atomic mass is 9.82. The number of aliphatic hydroxyl groups excluding tert-OH is 4. The highest BCUT2D eigenvalue weighted by Crippen LogP contribution is 2.37. The first kappa shape index (κ1) is 21.4. The molecule has 0 saturated carbocycles. The standard InChI is InChI=1S/C21H20O10/c22-6-13-17(26)19(28)20(29)21(31-13)30-7-8-4-10-15(12(24)5-8)18(27)14-9(16(10)25)2-1-3-11(14)23/h1-5,13,17,19-24,26,28-29H,6-7H2/t13-,17-,19-,20-,21-/m1/s1. The van der Waals surface area contributed by atoms with Gasteiger partial charge in [-0.15, -0.1) is 0 Å². The summed E-state index contributed by atoms with van der Waals surface area (Å²) >= 11 is 0. The van der Waals surface area contributed by atoms with E-state index in [2.05, 4.69) is 0 Å². The van der Waals surface area contributed by atoms with E-state index in [4.69, 9.17) is 9.47 Å². The summed E-state index contributed by atoms with van der Waals surface area (Å²) in [6, 6.07) is 6.63. The Hall–Kier alpha value is -2.86. The molecule has 1 heterocycles. The Morgan fingerprint density at radius 3 is 2.29 bits per heavy atom. The number of hydrogen-bond acceptors (Lipinski definition) is 10. The maximum Gasteiger partial charge on any atom is 0.201 e. The van der Waals surface area contributed by atoms with Crippen LogP contribution >= 0.6 is 0 Å². The number of hydrogen-bond donors (Lipinski definition) is 6. The second kappa shape index (κ2) is 8.00. The van der Waals surface area contributed by atoms with Gasteiger partial charge in [0.1, 0.15) is 35.9 Å². The SMILES string of the molecule is O=C1c2cccc(O)c2C(=O)c2c(O)cc(CO[C@@H]3O[C@H](CO)[C@@H](O)[C@@H](O)[C@H]3O)cc21. The van der Waals surface area contributed by atoms with Crippen LogP contribution in [0.3, 0.4) is 0 Å². The number of fused-ring (bicyclic) bond motifs is 2. The number of phenolic OH excluding ortho intramolecular Hbond substituents is 2. The minimum Gasteiger partial charge on any atom is -0.507 e. The molecule has 1 fully saturated rings. The van der Waals surface area contributed by atoms with Gasteiger partial charge >= 0.3 is 0 Å². The van der Waals surface area contributed by atoms with Crippen molar-refractivity contribution in [3.8, 4) is 11.5 Å². The number of rotatable bonds is 4. The molecule has 1 aliphatic heterocycles. The van der Waals surface area contributed by atoms with Crippen molar-refractivity contribution in [2.45, 2.75) is 37.3 Å². The monoisotopic (exact) mass is 432 g/mol. The first-order valence-corrected chi connectivity index (χ1v) is 9.44. The first-order chi connectivity index (χ1) is 14.7. The Morgan fingerprint density at radius 2 is 1.58 bits per heavy atom. The summed E-state index contributed by atoms with van der Waals surface area (Å²) in [5, 5.41) is 59.3. The molecule has 5 atom stereocenters. The van der Waals surface area contributed by atoms with Crippen LogP contribution in [0.1, 0.15) is 37.4 Å². The Labute approximate surface area is 175 Å². The van der Waals surface area contributed by atoms with E-state index in [1.165, 1.54) is 30.3 Å². The third kappa shape index (κ3) is 3.49. The lowest BCUT2D eigenvalue weighted by Crippen LogP contribution is -2.59. The summed E-state index contributed by atoms with van der Waals surface area (Å²) in [6.07, 6.45) is -7.31. The molecule has 31 heavy (non-hydrogen) atoms. The molecule has 0 bridgehead atoms. The average molecular weight is 432 g/mol. The molecule has 1 saturated heterocycles. The van der Waals surface area contributed by atoms with Crippen LogP contribution in [0.4, 0.5) is 0 Å². The fourth-order valence-electron chi connectivity index (χ4n) is 3.81. The van der Waals surface area contributed by atoms with E-state index in [1.54, 1.807) is 0 Å². The van der Waals surface area contributed by atoms with Gasteiger partial charge < -0.3 is 40.1 Å². The van der Waals surface area contributed by atoms with Crippen molar-refractivity contribution in [3.63, 3.8) is 0 Å². The van der Waals surface area contributed by atoms with Crippen molar-refractivity contribution in [1.29, 1.82) is 0 Å². The van der Waals surface area contributed by atoms with Crippen molar-refractivity contribution < 1.29 is 49.7 Å². The third-order valence-corrected chi connectivity index (χ3v) is 5.43. The molecule has 10 heteroatoms. The van der Waals surface area contributed by atoms with Crippen molar-refractivity contribution >= 4 is 11.6 Å². The molecule has 10 nitrogen and oxygen atoms in total. The number of aromatic hydroxyl groups is 2. The molecule has 2 aliphatic rings. The molecular formula is C21H20O10. The zero-order chi connectivity index (χ0) is 22.4. The van der Waals surface area contributed by atoms with Crippen molar-refractivity contribution in [2.75, 3.05) is 6.61 Å². The molecule has 2 aromatic rings. The van der Waals surface area contributed by atoms with Gasteiger partial charge in [-0.1, -0.05) is 12.1 Å². The summed E-state index contributed by atoms with van der Waals surface area (Å²) in [6.45, 7) is -0.912. The quantitative estimate of drug-likeness (QED) is 0.306. The Bertz CT molecular complexity index is 1050. The van der Waals surface area contributed by atoms with Crippen LogP contribution in [0.25, 0.3) is 0 Å². The zero-order valence-corrected chi connectivity index (χ0v) is 16.0. The largest absolute Gasteiger partial charge is 0.507 e. The third-order valence-electron chi connectivity index (χ3n) is 5.43. The van der Waals surface area contributed by atoms with Gasteiger partial charge in [0.25, 0.3) is 0 Å². The van der Waals surface area contributed by atoms with Gasteiger partial charge in [0, 0.05) is 11.1 Å². The normalized spacial score (nSPS) is 27.7. The molecule has 2 aromatic carbocycles. The van der Waals surface area contributed by atoms with E-state index < -0.39 is 54.6 Å². The van der Waals surface area contributed by atoms with Crippen LogP contribution in [-0.4, -0.2) is 79.5 Å². The number of phenols is 2. The van der Waals surface area contributed by atoms with E-state index in [0.717, 1.165) is 0 Å². The summed E-state index contributed by atoms with van der Waals surface area (Å²) < 4.78 is 10.7. The zero-order valence-electron chi connectivity index (χ0n) is 16.0. The summed E-state index contributed by atoms with van der Waals surface area (Å²) in [7, 11) is 0. The minimum absolute atomic E-state index is 0.00361. The van der Waals surface area contributed by atoms with Gasteiger partial charge in [-0.25, -0.2) is 0 Å². The van der Waals surface area contributed by atoms with Crippen molar-refractivity contribution in [3.05, 3.63) is 58.1 Å². The Kier molecular flexibility index (Phi) is 5.52. The van der Waals surface area contributed by atoms with Crippen molar-refractivity contribution in [1.82, 2.24) is 0 Å². The summed E-state index contributed by atoms with van der Waals surface area (Å²) in [5.74, 6) is -2.11. The second-order valence-corrected chi connectivity index (χ2v) is 7.40. The van der Waals surface area contributed by atoms with Gasteiger partial charge in [0.15, 0.2) is 12.1 Å². The number of carbonyl (C=O) groups is 2. The van der Waals surface area contributed by atoms with Crippen LogP contribution in [0, 0.1) is 0 Å². The molecule has 0 spiro atoms. The van der Waals surface area contributed by atoms with Crippen LogP contribution in [0.15, 0.2) is 30.3 Å². The minimum atomic E-state index is -1.61. The highest BCUT2D eigenvalue weighted by atomic mass is 16.7. The van der Waals surface area contributed by atoms with Gasteiger partial charge in [-0.3, -0.25) is 9.59 Å². The number of benzene rings is 2. The van der Waals surface area contributed by atoms with E-state index in [0.29, 0.717) is 0 Å². The molecule has 1 aliphatic carbocycles. The predicted molar refractivity (Wildman–Crippen MR) is 102 cm³/mol. The van der Waals surface area contributed by atoms with Gasteiger partial charge in [-0.05, 0) is 23.8 Å². The van der Waals surface area contributed by atoms with E-state index in [-0.39, 0.29) is 40.2 Å². The Balaban J connectivity index is 1.60. The lowest BCUT2D eigenvalue weighted by molar-refractivity contribution is -0.304. The van der Waals surface area contributed by atoms with Crippen LogP contribution < -0.4 is 0 Å². The summed E-state index contributed by atoms with van der Waals surface area (Å²) in [4.78, 5) is 25.6. The average Bonchev–Trinajstić information content (AvgIpc) is 2.75. The maximum absolute atomic E-state index is 12.9. The number of ether oxygens (including phenoxy) is 2.